The van der Waals surface area contributed by atoms with Gasteiger partial charge in [-0.3, -0.25) is 0 Å². The SMILES string of the molecule is O[C@]12CCCC[C@@H]1NCC[C@H]2Nc1ccccc1. The second-order valence-corrected chi connectivity index (χ2v) is 5.60. The number of rotatable bonds is 2. The molecule has 18 heavy (non-hydrogen) atoms. The van der Waals surface area contributed by atoms with Gasteiger partial charge in [0.1, 0.15) is 0 Å². The van der Waals surface area contributed by atoms with Crippen LogP contribution in [0.4, 0.5) is 5.69 Å². The molecule has 1 saturated heterocycles. The molecule has 0 aromatic heterocycles. The molecule has 1 aromatic carbocycles. The normalized spacial score (nSPS) is 35.8. The number of aliphatic hydroxyl groups is 1. The standard InChI is InChI=1S/C15H22N2O/c18-15-10-5-4-8-13(15)16-11-9-14(15)17-12-6-2-1-3-7-12/h1-3,6-7,13-14,16-18H,4-5,8-11H2/t13-,14+,15+/m0/s1. The molecular formula is C15H22N2O. The lowest BCUT2D eigenvalue weighted by Gasteiger charge is -2.49. The first kappa shape index (κ1) is 12.0. The predicted octanol–water partition coefficient (Wildman–Crippen LogP) is 2.13. The number of hydrogen-bond acceptors (Lipinski definition) is 3. The first-order valence-corrected chi connectivity index (χ1v) is 7.06. The highest BCUT2D eigenvalue weighted by Gasteiger charge is 2.47. The Kier molecular flexibility index (Phi) is 3.27. The van der Waals surface area contributed by atoms with E-state index in [0.717, 1.165) is 37.9 Å². The average Bonchev–Trinajstić information content (AvgIpc) is 2.41. The molecule has 1 heterocycles. The fourth-order valence-corrected chi connectivity index (χ4v) is 3.46. The molecule has 0 unspecified atom stereocenters. The lowest BCUT2D eigenvalue weighted by Crippen LogP contribution is -2.65. The zero-order chi connectivity index (χ0) is 12.4. The van der Waals surface area contributed by atoms with Crippen LogP contribution in [0.1, 0.15) is 32.1 Å². The summed E-state index contributed by atoms with van der Waals surface area (Å²) in [5.74, 6) is 0. The van der Waals surface area contributed by atoms with Crippen molar-refractivity contribution in [3.8, 4) is 0 Å². The molecule has 3 rings (SSSR count). The predicted molar refractivity (Wildman–Crippen MR) is 73.7 cm³/mol. The lowest BCUT2D eigenvalue weighted by atomic mass is 9.72. The molecule has 0 radical (unpaired) electrons. The Balaban J connectivity index is 1.78. The first-order valence-electron chi connectivity index (χ1n) is 7.06. The van der Waals surface area contributed by atoms with E-state index in [1.807, 2.05) is 18.2 Å². The van der Waals surface area contributed by atoms with Crippen LogP contribution in [0, 0.1) is 0 Å². The van der Waals surface area contributed by atoms with Crippen molar-refractivity contribution in [3.05, 3.63) is 30.3 Å². The molecule has 1 aliphatic carbocycles. The van der Waals surface area contributed by atoms with Crippen molar-refractivity contribution in [2.24, 2.45) is 0 Å². The van der Waals surface area contributed by atoms with E-state index in [0.29, 0.717) is 0 Å². The summed E-state index contributed by atoms with van der Waals surface area (Å²) >= 11 is 0. The van der Waals surface area contributed by atoms with Gasteiger partial charge in [0.25, 0.3) is 0 Å². The van der Waals surface area contributed by atoms with Gasteiger partial charge in [0.05, 0.1) is 11.6 Å². The summed E-state index contributed by atoms with van der Waals surface area (Å²) in [6.45, 7) is 0.997. The minimum Gasteiger partial charge on any atom is -0.386 e. The molecule has 1 saturated carbocycles. The van der Waals surface area contributed by atoms with Gasteiger partial charge in [-0.1, -0.05) is 31.0 Å². The van der Waals surface area contributed by atoms with Crippen LogP contribution in [-0.2, 0) is 0 Å². The molecule has 1 aliphatic heterocycles. The van der Waals surface area contributed by atoms with Gasteiger partial charge in [-0.15, -0.1) is 0 Å². The molecule has 0 spiro atoms. The molecule has 0 bridgehead atoms. The van der Waals surface area contributed by atoms with Crippen LogP contribution < -0.4 is 10.6 Å². The van der Waals surface area contributed by atoms with Gasteiger partial charge in [-0.25, -0.2) is 0 Å². The highest BCUT2D eigenvalue weighted by atomic mass is 16.3. The lowest BCUT2D eigenvalue weighted by molar-refractivity contribution is -0.0584. The Bertz CT molecular complexity index is 393. The Labute approximate surface area is 109 Å². The maximum Gasteiger partial charge on any atom is 0.1000 e. The second kappa shape index (κ2) is 4.90. The van der Waals surface area contributed by atoms with Crippen molar-refractivity contribution < 1.29 is 5.11 Å². The van der Waals surface area contributed by atoms with Crippen LogP contribution in [0.25, 0.3) is 0 Å². The van der Waals surface area contributed by atoms with E-state index in [2.05, 4.69) is 22.8 Å². The summed E-state index contributed by atoms with van der Waals surface area (Å²) in [5, 5.41) is 18.0. The molecule has 3 nitrogen and oxygen atoms in total. The molecule has 3 atom stereocenters. The summed E-state index contributed by atoms with van der Waals surface area (Å²) in [4.78, 5) is 0. The van der Waals surface area contributed by atoms with Gasteiger partial charge >= 0.3 is 0 Å². The van der Waals surface area contributed by atoms with Crippen LogP contribution in [0.15, 0.2) is 30.3 Å². The fraction of sp³-hybridized carbons (Fsp3) is 0.600. The van der Waals surface area contributed by atoms with E-state index in [1.165, 1.54) is 6.42 Å². The number of anilines is 1. The summed E-state index contributed by atoms with van der Waals surface area (Å²) in [6, 6.07) is 10.7. The number of piperidine rings is 1. The summed E-state index contributed by atoms with van der Waals surface area (Å²) in [5.41, 5.74) is 0.536. The van der Waals surface area contributed by atoms with E-state index in [9.17, 15) is 5.11 Å². The van der Waals surface area contributed by atoms with E-state index < -0.39 is 5.60 Å². The van der Waals surface area contributed by atoms with Crippen LogP contribution in [0.3, 0.4) is 0 Å². The molecular weight excluding hydrogens is 224 g/mol. The van der Waals surface area contributed by atoms with Gasteiger partial charge in [-0.2, -0.15) is 0 Å². The quantitative estimate of drug-likeness (QED) is 0.749. The topological polar surface area (TPSA) is 44.3 Å². The van der Waals surface area contributed by atoms with Crippen molar-refractivity contribution in [3.63, 3.8) is 0 Å². The van der Waals surface area contributed by atoms with Crippen LogP contribution in [0.5, 0.6) is 0 Å². The highest BCUT2D eigenvalue weighted by molar-refractivity contribution is 5.44. The van der Waals surface area contributed by atoms with Crippen LogP contribution in [0.2, 0.25) is 0 Å². The number of para-hydroxylation sites is 1. The summed E-state index contributed by atoms with van der Waals surface area (Å²) in [7, 11) is 0. The van der Waals surface area contributed by atoms with E-state index in [-0.39, 0.29) is 12.1 Å². The molecule has 2 aliphatic rings. The third-order valence-corrected chi connectivity index (χ3v) is 4.47. The molecule has 2 fully saturated rings. The van der Waals surface area contributed by atoms with Crippen molar-refractivity contribution in [2.75, 3.05) is 11.9 Å². The van der Waals surface area contributed by atoms with E-state index in [4.69, 9.17) is 0 Å². The maximum absolute atomic E-state index is 11.0. The second-order valence-electron chi connectivity index (χ2n) is 5.60. The zero-order valence-electron chi connectivity index (χ0n) is 10.7. The Hall–Kier alpha value is -1.06. The van der Waals surface area contributed by atoms with Gasteiger partial charge in [0.2, 0.25) is 0 Å². The van der Waals surface area contributed by atoms with Crippen molar-refractivity contribution in [1.29, 1.82) is 0 Å². The van der Waals surface area contributed by atoms with Crippen molar-refractivity contribution in [2.45, 2.75) is 49.8 Å². The Morgan fingerprint density at radius 1 is 1.17 bits per heavy atom. The van der Waals surface area contributed by atoms with Gasteiger partial charge in [-0.05, 0) is 37.9 Å². The number of hydrogen-bond donors (Lipinski definition) is 3. The molecule has 98 valence electrons. The van der Waals surface area contributed by atoms with Gasteiger partial charge in [0.15, 0.2) is 0 Å². The third kappa shape index (κ3) is 2.13. The van der Waals surface area contributed by atoms with Crippen molar-refractivity contribution >= 4 is 5.69 Å². The average molecular weight is 246 g/mol. The molecule has 3 N–H and O–H groups in total. The smallest absolute Gasteiger partial charge is 0.1000 e. The van der Waals surface area contributed by atoms with Crippen LogP contribution >= 0.6 is 0 Å². The summed E-state index contributed by atoms with van der Waals surface area (Å²) in [6.07, 6.45) is 5.38. The number of benzene rings is 1. The summed E-state index contributed by atoms with van der Waals surface area (Å²) < 4.78 is 0. The highest BCUT2D eigenvalue weighted by Crippen LogP contribution is 2.36. The van der Waals surface area contributed by atoms with Crippen molar-refractivity contribution in [1.82, 2.24) is 5.32 Å². The largest absolute Gasteiger partial charge is 0.386 e. The van der Waals surface area contributed by atoms with Gasteiger partial charge in [0, 0.05) is 11.7 Å². The molecule has 1 aromatic rings. The number of nitrogens with one attached hydrogen (secondary N) is 2. The Morgan fingerprint density at radius 2 is 2.00 bits per heavy atom. The Morgan fingerprint density at radius 3 is 2.83 bits per heavy atom. The zero-order valence-corrected chi connectivity index (χ0v) is 10.7. The van der Waals surface area contributed by atoms with E-state index >= 15 is 0 Å². The first-order chi connectivity index (χ1) is 8.79. The molecule has 3 heteroatoms. The minimum absolute atomic E-state index is 0.173. The molecule has 0 amide bonds. The maximum atomic E-state index is 11.0. The van der Waals surface area contributed by atoms with Gasteiger partial charge < -0.3 is 15.7 Å². The fourth-order valence-electron chi connectivity index (χ4n) is 3.46. The van der Waals surface area contributed by atoms with Crippen LogP contribution in [-0.4, -0.2) is 29.3 Å². The monoisotopic (exact) mass is 246 g/mol. The minimum atomic E-state index is -0.577. The number of fused-ring (bicyclic) bond motifs is 1. The third-order valence-electron chi connectivity index (χ3n) is 4.47. The van der Waals surface area contributed by atoms with E-state index in [1.54, 1.807) is 0 Å².